The van der Waals surface area contributed by atoms with Gasteiger partial charge in [0, 0.05) is 17.8 Å². The standard InChI is InChI=1S/C20H24N8O/c1-29-16-6-4-5-15(13-16)23-20-25-17(24-19(21)26-20)14-27-9-11-28(12-10-27)18-7-2-3-8-22-18/h2-8,13H,9-12,14H2,1H3,(H3,21,23,24,25,26)/p+2. The topological polar surface area (TPSA) is 108 Å². The largest absolute Gasteiger partial charge is 0.497 e. The Morgan fingerprint density at radius 2 is 2.00 bits per heavy atom. The number of nitrogen functional groups attached to an aromatic ring is 1. The van der Waals surface area contributed by atoms with Crippen LogP contribution in [0, 0.1) is 0 Å². The number of ether oxygens (including phenoxy) is 1. The number of nitrogens with one attached hydrogen (secondary N) is 3. The number of aromatic nitrogens is 4. The molecule has 0 bridgehead atoms. The van der Waals surface area contributed by atoms with E-state index < -0.39 is 0 Å². The molecule has 3 aromatic rings. The number of methoxy groups -OCH3 is 1. The summed E-state index contributed by atoms with van der Waals surface area (Å²) in [5.74, 6) is 3.27. The zero-order chi connectivity index (χ0) is 20.1. The van der Waals surface area contributed by atoms with Crippen molar-refractivity contribution < 1.29 is 14.6 Å². The predicted molar refractivity (Wildman–Crippen MR) is 110 cm³/mol. The fraction of sp³-hybridized carbons (Fsp3) is 0.300. The molecule has 5 N–H and O–H groups in total. The fourth-order valence-corrected chi connectivity index (χ4v) is 3.45. The summed E-state index contributed by atoms with van der Waals surface area (Å²) in [6.07, 6.45) is 1.96. The van der Waals surface area contributed by atoms with Gasteiger partial charge in [-0.1, -0.05) is 12.1 Å². The summed E-state index contributed by atoms with van der Waals surface area (Å²) in [5.41, 5.74) is 6.76. The van der Waals surface area contributed by atoms with Gasteiger partial charge in [0.1, 0.15) is 38.5 Å². The number of nitrogens with two attached hydrogens (primary N) is 1. The Kier molecular flexibility index (Phi) is 5.66. The summed E-state index contributed by atoms with van der Waals surface area (Å²) < 4.78 is 5.25. The highest BCUT2D eigenvalue weighted by Crippen LogP contribution is 2.19. The first-order chi connectivity index (χ1) is 14.2. The zero-order valence-electron chi connectivity index (χ0n) is 16.4. The highest BCUT2D eigenvalue weighted by Gasteiger charge is 2.26. The van der Waals surface area contributed by atoms with Crippen molar-refractivity contribution in [3.05, 3.63) is 54.5 Å². The number of piperazine rings is 1. The third kappa shape index (κ3) is 4.88. The maximum atomic E-state index is 5.92. The van der Waals surface area contributed by atoms with E-state index in [1.807, 2.05) is 36.5 Å². The van der Waals surface area contributed by atoms with E-state index in [0.717, 1.165) is 43.4 Å². The molecule has 9 heteroatoms. The lowest BCUT2D eigenvalue weighted by atomic mass is 10.3. The lowest BCUT2D eigenvalue weighted by Gasteiger charge is -2.27. The van der Waals surface area contributed by atoms with E-state index in [1.54, 1.807) is 7.11 Å². The number of benzene rings is 1. The van der Waals surface area contributed by atoms with Crippen LogP contribution < -0.4 is 30.6 Å². The normalized spacial score (nSPS) is 14.6. The van der Waals surface area contributed by atoms with Gasteiger partial charge >= 0.3 is 0 Å². The van der Waals surface area contributed by atoms with E-state index in [9.17, 15) is 0 Å². The van der Waals surface area contributed by atoms with Crippen molar-refractivity contribution in [2.45, 2.75) is 6.54 Å². The van der Waals surface area contributed by atoms with Gasteiger partial charge in [0.2, 0.25) is 11.9 Å². The molecule has 1 aliphatic rings. The summed E-state index contributed by atoms with van der Waals surface area (Å²) in [5, 5.41) is 3.18. The average Bonchev–Trinajstić information content (AvgIpc) is 2.75. The molecule has 2 aromatic heterocycles. The smallest absolute Gasteiger partial charge is 0.274 e. The van der Waals surface area contributed by atoms with E-state index >= 15 is 0 Å². The number of quaternary nitrogens is 1. The van der Waals surface area contributed by atoms with Gasteiger partial charge in [-0.15, -0.1) is 0 Å². The van der Waals surface area contributed by atoms with Crippen LogP contribution >= 0.6 is 0 Å². The second-order valence-electron chi connectivity index (χ2n) is 6.95. The van der Waals surface area contributed by atoms with Crippen LogP contribution in [0.2, 0.25) is 0 Å². The molecule has 0 atom stereocenters. The van der Waals surface area contributed by atoms with E-state index in [2.05, 4.69) is 42.3 Å². The highest BCUT2D eigenvalue weighted by molar-refractivity contribution is 5.56. The number of rotatable bonds is 6. The Labute approximate surface area is 169 Å². The molecule has 0 saturated carbocycles. The van der Waals surface area contributed by atoms with Gasteiger partial charge in [0.25, 0.3) is 5.82 Å². The molecule has 0 amide bonds. The van der Waals surface area contributed by atoms with Crippen molar-refractivity contribution >= 4 is 23.4 Å². The molecule has 0 radical (unpaired) electrons. The molecule has 3 heterocycles. The lowest BCUT2D eigenvalue weighted by molar-refractivity contribution is -0.915. The molecule has 1 aliphatic heterocycles. The Hall–Kier alpha value is -3.46. The van der Waals surface area contributed by atoms with Crippen LogP contribution in [0.3, 0.4) is 0 Å². The maximum absolute atomic E-state index is 5.92. The maximum Gasteiger partial charge on any atom is 0.274 e. The number of aromatic amines is 1. The first-order valence-corrected chi connectivity index (χ1v) is 9.66. The number of hydrogen-bond donors (Lipinski definition) is 3. The van der Waals surface area contributed by atoms with Crippen LogP contribution in [-0.4, -0.2) is 48.2 Å². The summed E-state index contributed by atoms with van der Waals surface area (Å²) >= 11 is 0. The highest BCUT2D eigenvalue weighted by atomic mass is 16.5. The molecular formula is C20H26N8O+2. The van der Waals surface area contributed by atoms with Crippen molar-refractivity contribution in [2.75, 3.05) is 49.2 Å². The van der Waals surface area contributed by atoms with Crippen molar-refractivity contribution in [2.24, 2.45) is 0 Å². The van der Waals surface area contributed by atoms with E-state index in [-0.39, 0.29) is 5.95 Å². The van der Waals surface area contributed by atoms with Gasteiger partial charge in [-0.25, -0.2) is 4.98 Å². The first-order valence-electron chi connectivity index (χ1n) is 9.66. The van der Waals surface area contributed by atoms with Gasteiger partial charge < -0.3 is 20.7 Å². The van der Waals surface area contributed by atoms with Gasteiger partial charge in [0.05, 0.1) is 13.3 Å². The number of hydrogen-bond acceptors (Lipinski definition) is 7. The fourth-order valence-electron chi connectivity index (χ4n) is 3.45. The lowest BCUT2D eigenvalue weighted by Crippen LogP contribution is -3.13. The van der Waals surface area contributed by atoms with E-state index in [4.69, 9.17) is 10.5 Å². The SMILES string of the molecule is COc1cccc(Nc2nc(N)nc(C[NH+]3CCN(c4cccc[nH+]4)CC3)n2)c1. The van der Waals surface area contributed by atoms with Crippen molar-refractivity contribution in [1.82, 2.24) is 15.0 Å². The molecule has 0 unspecified atom stereocenters. The monoisotopic (exact) mass is 394 g/mol. The molecule has 150 valence electrons. The number of anilines is 4. The van der Waals surface area contributed by atoms with Crippen molar-refractivity contribution in [3.63, 3.8) is 0 Å². The number of H-pyrrole nitrogens is 1. The Morgan fingerprint density at radius 3 is 2.76 bits per heavy atom. The Bertz CT molecular complexity index is 944. The van der Waals surface area contributed by atoms with Crippen LogP contribution in [0.15, 0.2) is 48.7 Å². The van der Waals surface area contributed by atoms with Crippen molar-refractivity contribution in [1.29, 1.82) is 0 Å². The minimum Gasteiger partial charge on any atom is -0.497 e. The molecule has 0 aliphatic carbocycles. The minimum absolute atomic E-state index is 0.220. The minimum atomic E-state index is 0.220. The molecule has 1 saturated heterocycles. The molecule has 4 rings (SSSR count). The van der Waals surface area contributed by atoms with Gasteiger partial charge in [-0.3, -0.25) is 4.90 Å². The van der Waals surface area contributed by atoms with Crippen LogP contribution in [0.1, 0.15) is 5.82 Å². The molecule has 1 fully saturated rings. The third-order valence-electron chi connectivity index (χ3n) is 4.94. The number of pyridine rings is 1. The number of nitrogens with zero attached hydrogens (tertiary/aromatic N) is 4. The summed E-state index contributed by atoms with van der Waals surface area (Å²) in [4.78, 5) is 20.2. The molecular weight excluding hydrogens is 368 g/mol. The predicted octanol–water partition coefficient (Wildman–Crippen LogP) is -0.0748. The summed E-state index contributed by atoms with van der Waals surface area (Å²) in [6.45, 7) is 4.68. The van der Waals surface area contributed by atoms with Crippen LogP contribution in [0.5, 0.6) is 5.75 Å². The van der Waals surface area contributed by atoms with Gasteiger partial charge in [-0.2, -0.15) is 15.0 Å². The summed E-state index contributed by atoms with van der Waals surface area (Å²) in [7, 11) is 1.64. The molecule has 1 aromatic carbocycles. The third-order valence-corrected chi connectivity index (χ3v) is 4.94. The van der Waals surface area contributed by atoms with E-state index in [0.29, 0.717) is 18.3 Å². The summed E-state index contributed by atoms with van der Waals surface area (Å²) in [6, 6.07) is 13.7. The van der Waals surface area contributed by atoms with Gasteiger partial charge in [-0.05, 0) is 18.2 Å². The Morgan fingerprint density at radius 1 is 1.14 bits per heavy atom. The van der Waals surface area contributed by atoms with Crippen LogP contribution in [0.4, 0.5) is 23.4 Å². The zero-order valence-corrected chi connectivity index (χ0v) is 16.4. The molecule has 29 heavy (non-hydrogen) atoms. The van der Waals surface area contributed by atoms with Crippen LogP contribution in [0.25, 0.3) is 0 Å². The average molecular weight is 394 g/mol. The van der Waals surface area contributed by atoms with E-state index in [1.165, 1.54) is 4.90 Å². The quantitative estimate of drug-likeness (QED) is 0.537. The van der Waals surface area contributed by atoms with Crippen LogP contribution in [-0.2, 0) is 6.54 Å². The molecule has 9 nitrogen and oxygen atoms in total. The molecule has 0 spiro atoms. The first kappa shape index (κ1) is 18.9. The van der Waals surface area contributed by atoms with Crippen molar-refractivity contribution in [3.8, 4) is 5.75 Å². The Balaban J connectivity index is 1.39. The second kappa shape index (κ2) is 8.70. The van der Waals surface area contributed by atoms with Gasteiger partial charge in [0.15, 0.2) is 5.82 Å². The second-order valence-corrected chi connectivity index (χ2v) is 6.95.